The van der Waals surface area contributed by atoms with Gasteiger partial charge in [0.05, 0.1) is 0 Å². The quantitative estimate of drug-likeness (QED) is 0.676. The molecule has 3 atom stereocenters. The van der Waals surface area contributed by atoms with Crippen molar-refractivity contribution in [3.63, 3.8) is 0 Å². The molecule has 0 amide bonds. The van der Waals surface area contributed by atoms with Crippen LogP contribution in [0, 0.1) is 11.8 Å². The van der Waals surface area contributed by atoms with Crippen molar-refractivity contribution in [3.05, 3.63) is 29.8 Å². The Balaban J connectivity index is 2.31. The van der Waals surface area contributed by atoms with Gasteiger partial charge >= 0.3 is 0 Å². The van der Waals surface area contributed by atoms with E-state index in [1.54, 1.807) is 6.07 Å². The zero-order valence-electron chi connectivity index (χ0n) is 12.4. The predicted octanol–water partition coefficient (Wildman–Crippen LogP) is 2.88. The van der Waals surface area contributed by atoms with E-state index >= 15 is 0 Å². The molecule has 4 N–H and O–H groups in total. The SMILES string of the molecule is CC(CN)CC(C)CC(C)NCc1ccccc1O. The molecular formula is C16H28N2O. The van der Waals surface area contributed by atoms with Crippen molar-refractivity contribution in [2.75, 3.05) is 6.54 Å². The molecule has 1 aromatic rings. The van der Waals surface area contributed by atoms with Gasteiger partial charge in [-0.15, -0.1) is 0 Å². The Bertz CT molecular complexity index is 368. The number of rotatable bonds is 8. The number of nitrogens with two attached hydrogens (primary N) is 1. The molecule has 0 saturated heterocycles. The van der Waals surface area contributed by atoms with Crippen LogP contribution in [0.25, 0.3) is 0 Å². The molecule has 0 bridgehead atoms. The summed E-state index contributed by atoms with van der Waals surface area (Å²) in [5.74, 6) is 1.64. The average molecular weight is 264 g/mol. The number of phenolic OH excluding ortho intramolecular Hbond substituents is 1. The van der Waals surface area contributed by atoms with Gasteiger partial charge in [-0.25, -0.2) is 0 Å². The van der Waals surface area contributed by atoms with Crippen molar-refractivity contribution < 1.29 is 5.11 Å². The Morgan fingerprint density at radius 3 is 2.42 bits per heavy atom. The van der Waals surface area contributed by atoms with Crippen LogP contribution in [-0.4, -0.2) is 17.7 Å². The average Bonchev–Trinajstić information content (AvgIpc) is 2.37. The van der Waals surface area contributed by atoms with E-state index in [4.69, 9.17) is 5.73 Å². The molecule has 3 heteroatoms. The molecule has 0 spiro atoms. The number of para-hydroxylation sites is 1. The molecular weight excluding hydrogens is 236 g/mol. The lowest BCUT2D eigenvalue weighted by molar-refractivity contribution is 0.353. The minimum Gasteiger partial charge on any atom is -0.508 e. The highest BCUT2D eigenvalue weighted by Crippen LogP contribution is 2.18. The summed E-state index contributed by atoms with van der Waals surface area (Å²) < 4.78 is 0. The van der Waals surface area contributed by atoms with Gasteiger partial charge in [0.25, 0.3) is 0 Å². The van der Waals surface area contributed by atoms with Gasteiger partial charge in [-0.3, -0.25) is 0 Å². The van der Waals surface area contributed by atoms with Crippen LogP contribution in [0.1, 0.15) is 39.2 Å². The van der Waals surface area contributed by atoms with E-state index < -0.39 is 0 Å². The largest absolute Gasteiger partial charge is 0.508 e. The van der Waals surface area contributed by atoms with E-state index in [0.29, 0.717) is 30.2 Å². The molecule has 0 aliphatic carbocycles. The maximum Gasteiger partial charge on any atom is 0.120 e. The van der Waals surface area contributed by atoms with Gasteiger partial charge in [-0.05, 0) is 44.2 Å². The summed E-state index contributed by atoms with van der Waals surface area (Å²) in [6, 6.07) is 7.92. The second kappa shape index (κ2) is 8.18. The Labute approximate surface area is 117 Å². The van der Waals surface area contributed by atoms with Crippen molar-refractivity contribution in [3.8, 4) is 5.75 Å². The van der Waals surface area contributed by atoms with Gasteiger partial charge in [0.15, 0.2) is 0 Å². The van der Waals surface area contributed by atoms with Gasteiger partial charge in [0.1, 0.15) is 5.75 Å². The van der Waals surface area contributed by atoms with Crippen LogP contribution in [0.15, 0.2) is 24.3 Å². The molecule has 1 rings (SSSR count). The Morgan fingerprint density at radius 1 is 1.11 bits per heavy atom. The van der Waals surface area contributed by atoms with Crippen molar-refractivity contribution in [2.45, 2.75) is 46.2 Å². The lowest BCUT2D eigenvalue weighted by atomic mass is 9.92. The second-order valence-corrected chi connectivity index (χ2v) is 5.83. The Morgan fingerprint density at radius 2 is 1.79 bits per heavy atom. The summed E-state index contributed by atoms with van der Waals surface area (Å²) in [5, 5.41) is 13.2. The smallest absolute Gasteiger partial charge is 0.120 e. The lowest BCUT2D eigenvalue weighted by Crippen LogP contribution is -2.28. The molecule has 0 aromatic heterocycles. The first-order chi connectivity index (χ1) is 9.02. The molecule has 3 nitrogen and oxygen atoms in total. The number of hydrogen-bond donors (Lipinski definition) is 3. The van der Waals surface area contributed by atoms with Crippen LogP contribution in [0.3, 0.4) is 0 Å². The van der Waals surface area contributed by atoms with Crippen molar-refractivity contribution in [1.29, 1.82) is 0 Å². The molecule has 0 aliphatic heterocycles. The highest BCUT2D eigenvalue weighted by molar-refractivity contribution is 5.31. The summed E-state index contributed by atoms with van der Waals surface area (Å²) in [6.07, 6.45) is 2.32. The van der Waals surface area contributed by atoms with E-state index in [-0.39, 0.29) is 0 Å². The van der Waals surface area contributed by atoms with E-state index in [1.165, 1.54) is 6.42 Å². The first-order valence-corrected chi connectivity index (χ1v) is 7.23. The third-order valence-electron chi connectivity index (χ3n) is 3.60. The summed E-state index contributed by atoms with van der Waals surface area (Å²) >= 11 is 0. The second-order valence-electron chi connectivity index (χ2n) is 5.83. The topological polar surface area (TPSA) is 58.3 Å². The molecule has 0 aliphatic rings. The normalized spacial score (nSPS) is 16.0. The van der Waals surface area contributed by atoms with Gasteiger partial charge < -0.3 is 16.2 Å². The van der Waals surface area contributed by atoms with Crippen LogP contribution in [0.2, 0.25) is 0 Å². The fourth-order valence-electron chi connectivity index (χ4n) is 2.51. The van der Waals surface area contributed by atoms with Gasteiger partial charge in [-0.1, -0.05) is 32.0 Å². The fraction of sp³-hybridized carbons (Fsp3) is 0.625. The predicted molar refractivity (Wildman–Crippen MR) is 81.0 cm³/mol. The maximum absolute atomic E-state index is 9.70. The molecule has 1 aromatic carbocycles. The van der Waals surface area contributed by atoms with Gasteiger partial charge in [0, 0.05) is 18.2 Å². The van der Waals surface area contributed by atoms with Crippen LogP contribution in [-0.2, 0) is 6.54 Å². The highest BCUT2D eigenvalue weighted by atomic mass is 16.3. The van der Waals surface area contributed by atoms with E-state index in [0.717, 1.165) is 18.5 Å². The monoisotopic (exact) mass is 264 g/mol. The number of aromatic hydroxyl groups is 1. The zero-order valence-corrected chi connectivity index (χ0v) is 12.4. The first-order valence-electron chi connectivity index (χ1n) is 7.23. The van der Waals surface area contributed by atoms with Crippen molar-refractivity contribution >= 4 is 0 Å². The van der Waals surface area contributed by atoms with Crippen molar-refractivity contribution in [2.24, 2.45) is 17.6 Å². The Kier molecular flexibility index (Phi) is 6.89. The van der Waals surface area contributed by atoms with Crippen LogP contribution >= 0.6 is 0 Å². The minimum atomic E-state index is 0.368. The van der Waals surface area contributed by atoms with E-state index in [2.05, 4.69) is 26.1 Å². The molecule has 0 saturated carbocycles. The molecule has 0 fully saturated rings. The molecule has 0 radical (unpaired) electrons. The molecule has 3 unspecified atom stereocenters. The lowest BCUT2D eigenvalue weighted by Gasteiger charge is -2.21. The van der Waals surface area contributed by atoms with Crippen LogP contribution in [0.5, 0.6) is 5.75 Å². The summed E-state index contributed by atoms with van der Waals surface area (Å²) in [5.41, 5.74) is 6.61. The maximum atomic E-state index is 9.70. The van der Waals surface area contributed by atoms with E-state index in [9.17, 15) is 5.11 Å². The number of phenols is 1. The van der Waals surface area contributed by atoms with Crippen LogP contribution < -0.4 is 11.1 Å². The summed E-state index contributed by atoms with van der Waals surface area (Å²) in [4.78, 5) is 0. The Hall–Kier alpha value is -1.06. The summed E-state index contributed by atoms with van der Waals surface area (Å²) in [6.45, 7) is 8.17. The molecule has 0 heterocycles. The van der Waals surface area contributed by atoms with Gasteiger partial charge in [0.2, 0.25) is 0 Å². The van der Waals surface area contributed by atoms with E-state index in [1.807, 2.05) is 18.2 Å². The fourth-order valence-corrected chi connectivity index (χ4v) is 2.51. The summed E-state index contributed by atoms with van der Waals surface area (Å²) in [7, 11) is 0. The minimum absolute atomic E-state index is 0.368. The number of nitrogens with one attached hydrogen (secondary N) is 1. The highest BCUT2D eigenvalue weighted by Gasteiger charge is 2.12. The molecule has 19 heavy (non-hydrogen) atoms. The number of benzene rings is 1. The first kappa shape index (κ1) is 16.0. The van der Waals surface area contributed by atoms with Crippen molar-refractivity contribution in [1.82, 2.24) is 5.32 Å². The number of hydrogen-bond acceptors (Lipinski definition) is 3. The standard InChI is InChI=1S/C16H28N2O/c1-12(8-13(2)10-17)9-14(3)18-11-15-6-4-5-7-16(15)19/h4-7,12-14,18-19H,8-11,17H2,1-3H3. The molecule has 108 valence electrons. The third kappa shape index (κ3) is 6.08. The third-order valence-corrected chi connectivity index (χ3v) is 3.60. The van der Waals surface area contributed by atoms with Gasteiger partial charge in [-0.2, -0.15) is 0 Å². The zero-order chi connectivity index (χ0) is 14.3. The van der Waals surface area contributed by atoms with Crippen LogP contribution in [0.4, 0.5) is 0 Å².